The number of benzene rings is 1. The van der Waals surface area contributed by atoms with Gasteiger partial charge in [0.1, 0.15) is 0 Å². The maximum absolute atomic E-state index is 11.7. The summed E-state index contributed by atoms with van der Waals surface area (Å²) in [6.07, 6.45) is 0. The van der Waals surface area contributed by atoms with E-state index in [1.165, 1.54) is 22.5 Å². The Balaban J connectivity index is 1.62. The van der Waals surface area contributed by atoms with Crippen LogP contribution in [0.3, 0.4) is 0 Å². The highest BCUT2D eigenvalue weighted by molar-refractivity contribution is 7.98. The van der Waals surface area contributed by atoms with Gasteiger partial charge in [-0.15, -0.1) is 11.3 Å². The Hall–Kier alpha value is -1.26. The van der Waals surface area contributed by atoms with Crippen LogP contribution < -0.4 is 5.32 Å². The molecule has 0 spiro atoms. The molecule has 1 aromatic carbocycles. The van der Waals surface area contributed by atoms with Crippen LogP contribution in [-0.2, 0) is 5.75 Å². The highest BCUT2D eigenvalue weighted by atomic mass is 32.2. The van der Waals surface area contributed by atoms with Crippen LogP contribution in [0.4, 0.5) is 0 Å². The molecule has 1 aromatic heterocycles. The lowest BCUT2D eigenvalue weighted by Gasteiger charge is -2.04. The molecule has 2 nitrogen and oxygen atoms in total. The molecule has 4 heteroatoms. The Labute approximate surface area is 122 Å². The highest BCUT2D eigenvalue weighted by Gasteiger charge is 2.04. The van der Waals surface area contributed by atoms with Crippen molar-refractivity contribution in [2.24, 2.45) is 0 Å². The predicted molar refractivity (Wildman–Crippen MR) is 84.0 cm³/mol. The van der Waals surface area contributed by atoms with Crippen molar-refractivity contribution in [1.82, 2.24) is 5.32 Å². The van der Waals surface area contributed by atoms with E-state index in [9.17, 15) is 4.79 Å². The Kier molecular flexibility index (Phi) is 5.48. The van der Waals surface area contributed by atoms with Crippen molar-refractivity contribution >= 4 is 29.0 Å². The minimum Gasteiger partial charge on any atom is -0.351 e. The molecular formula is C15H17NOS2. The van der Waals surface area contributed by atoms with E-state index >= 15 is 0 Å². The summed E-state index contributed by atoms with van der Waals surface area (Å²) in [5.41, 5.74) is 2.62. The van der Waals surface area contributed by atoms with Gasteiger partial charge in [0.15, 0.2) is 0 Å². The fraction of sp³-hybridized carbons (Fsp3) is 0.267. The number of hydrogen-bond donors (Lipinski definition) is 1. The molecular weight excluding hydrogens is 274 g/mol. The zero-order valence-corrected chi connectivity index (χ0v) is 12.5. The van der Waals surface area contributed by atoms with Gasteiger partial charge in [0, 0.05) is 18.1 Å². The average molecular weight is 291 g/mol. The van der Waals surface area contributed by atoms with Crippen molar-refractivity contribution in [2.75, 3.05) is 12.3 Å². The standard InChI is InChI=1S/C15H17NOS2/c1-12-4-6-13(7-5-12)11-18-10-8-16-15(17)14-3-2-9-19-14/h2-7,9H,8,10-11H2,1H3,(H,16,17). The van der Waals surface area contributed by atoms with Crippen molar-refractivity contribution in [3.8, 4) is 0 Å². The van der Waals surface area contributed by atoms with Gasteiger partial charge in [-0.05, 0) is 23.9 Å². The van der Waals surface area contributed by atoms with E-state index in [1.54, 1.807) is 0 Å². The summed E-state index contributed by atoms with van der Waals surface area (Å²) < 4.78 is 0. The molecule has 0 fully saturated rings. The first-order valence-corrected chi connectivity index (χ1v) is 8.24. The smallest absolute Gasteiger partial charge is 0.261 e. The Morgan fingerprint density at radius 2 is 2.05 bits per heavy atom. The number of thiophene rings is 1. The number of hydrogen-bond acceptors (Lipinski definition) is 3. The number of amides is 1. The second-order valence-corrected chi connectivity index (χ2v) is 6.32. The molecule has 0 aliphatic carbocycles. The molecule has 0 saturated carbocycles. The van der Waals surface area contributed by atoms with Gasteiger partial charge in [0.2, 0.25) is 0 Å². The van der Waals surface area contributed by atoms with Crippen LogP contribution in [-0.4, -0.2) is 18.2 Å². The summed E-state index contributed by atoms with van der Waals surface area (Å²) in [6, 6.07) is 12.3. The SMILES string of the molecule is Cc1ccc(CSCCNC(=O)c2cccs2)cc1. The first-order chi connectivity index (χ1) is 9.25. The Morgan fingerprint density at radius 3 is 2.74 bits per heavy atom. The third kappa shape index (κ3) is 4.73. The molecule has 0 aliphatic rings. The largest absolute Gasteiger partial charge is 0.351 e. The number of carbonyl (C=O) groups is 1. The fourth-order valence-corrected chi connectivity index (χ4v) is 3.06. The maximum atomic E-state index is 11.7. The van der Waals surface area contributed by atoms with Crippen LogP contribution >= 0.6 is 23.1 Å². The molecule has 1 amide bonds. The third-order valence-electron chi connectivity index (χ3n) is 2.67. The fourth-order valence-electron chi connectivity index (χ4n) is 1.61. The van der Waals surface area contributed by atoms with E-state index < -0.39 is 0 Å². The topological polar surface area (TPSA) is 29.1 Å². The number of rotatable bonds is 6. The lowest BCUT2D eigenvalue weighted by atomic mass is 10.2. The quantitative estimate of drug-likeness (QED) is 0.822. The Bertz CT molecular complexity index is 505. The van der Waals surface area contributed by atoms with Gasteiger partial charge in [0.25, 0.3) is 5.91 Å². The molecule has 19 heavy (non-hydrogen) atoms. The molecule has 0 aliphatic heterocycles. The van der Waals surface area contributed by atoms with E-state index in [2.05, 4.69) is 36.5 Å². The van der Waals surface area contributed by atoms with Gasteiger partial charge in [0.05, 0.1) is 4.88 Å². The number of aryl methyl sites for hydroxylation is 1. The van der Waals surface area contributed by atoms with Gasteiger partial charge >= 0.3 is 0 Å². The third-order valence-corrected chi connectivity index (χ3v) is 4.57. The van der Waals surface area contributed by atoms with Crippen LogP contribution in [0.1, 0.15) is 20.8 Å². The summed E-state index contributed by atoms with van der Waals surface area (Å²) in [5.74, 6) is 1.96. The summed E-state index contributed by atoms with van der Waals surface area (Å²) in [6.45, 7) is 2.81. The minimum absolute atomic E-state index is 0.0333. The monoisotopic (exact) mass is 291 g/mol. The van der Waals surface area contributed by atoms with Crippen molar-refractivity contribution in [3.63, 3.8) is 0 Å². The van der Waals surface area contributed by atoms with Crippen molar-refractivity contribution < 1.29 is 4.79 Å². The van der Waals surface area contributed by atoms with Gasteiger partial charge in [-0.25, -0.2) is 0 Å². The molecule has 2 rings (SSSR count). The molecule has 2 aromatic rings. The van der Waals surface area contributed by atoms with Gasteiger partial charge in [-0.1, -0.05) is 35.9 Å². The molecule has 0 radical (unpaired) electrons. The summed E-state index contributed by atoms with van der Waals surface area (Å²) in [5, 5.41) is 4.85. The van der Waals surface area contributed by atoms with E-state index in [-0.39, 0.29) is 5.91 Å². The van der Waals surface area contributed by atoms with Gasteiger partial charge < -0.3 is 5.32 Å². The lowest BCUT2D eigenvalue weighted by molar-refractivity contribution is 0.0960. The maximum Gasteiger partial charge on any atom is 0.261 e. The lowest BCUT2D eigenvalue weighted by Crippen LogP contribution is -2.24. The molecule has 0 saturated heterocycles. The summed E-state index contributed by atoms with van der Waals surface area (Å²) in [4.78, 5) is 12.4. The molecule has 1 heterocycles. The number of nitrogens with one attached hydrogen (secondary N) is 1. The molecule has 0 bridgehead atoms. The van der Waals surface area contributed by atoms with Crippen LogP contribution in [0, 0.1) is 6.92 Å². The van der Waals surface area contributed by atoms with Crippen LogP contribution in [0.5, 0.6) is 0 Å². The minimum atomic E-state index is 0.0333. The zero-order chi connectivity index (χ0) is 13.5. The average Bonchev–Trinajstić information content (AvgIpc) is 2.94. The summed E-state index contributed by atoms with van der Waals surface area (Å²) in [7, 11) is 0. The predicted octanol–water partition coefficient (Wildman–Crippen LogP) is 3.72. The van der Waals surface area contributed by atoms with Gasteiger partial charge in [-0.2, -0.15) is 11.8 Å². The van der Waals surface area contributed by atoms with Gasteiger partial charge in [-0.3, -0.25) is 4.79 Å². The molecule has 1 N–H and O–H groups in total. The highest BCUT2D eigenvalue weighted by Crippen LogP contribution is 2.12. The van der Waals surface area contributed by atoms with Crippen LogP contribution in [0.15, 0.2) is 41.8 Å². The summed E-state index contributed by atoms with van der Waals surface area (Å²) >= 11 is 3.31. The van der Waals surface area contributed by atoms with Crippen molar-refractivity contribution in [2.45, 2.75) is 12.7 Å². The molecule has 0 atom stereocenters. The molecule has 0 unspecified atom stereocenters. The number of carbonyl (C=O) groups excluding carboxylic acids is 1. The van der Waals surface area contributed by atoms with Crippen LogP contribution in [0.25, 0.3) is 0 Å². The first-order valence-electron chi connectivity index (χ1n) is 6.21. The first kappa shape index (κ1) is 14.2. The van der Waals surface area contributed by atoms with Crippen molar-refractivity contribution in [3.05, 3.63) is 57.8 Å². The number of thioether (sulfide) groups is 1. The normalized spacial score (nSPS) is 10.4. The second kappa shape index (κ2) is 7.36. The molecule has 100 valence electrons. The van der Waals surface area contributed by atoms with E-state index in [4.69, 9.17) is 0 Å². The zero-order valence-electron chi connectivity index (χ0n) is 10.9. The van der Waals surface area contributed by atoms with E-state index in [0.717, 1.165) is 16.4 Å². The van der Waals surface area contributed by atoms with Crippen molar-refractivity contribution in [1.29, 1.82) is 0 Å². The van der Waals surface area contributed by atoms with E-state index in [0.29, 0.717) is 6.54 Å². The Morgan fingerprint density at radius 1 is 1.26 bits per heavy atom. The van der Waals surface area contributed by atoms with E-state index in [1.807, 2.05) is 29.3 Å². The van der Waals surface area contributed by atoms with Crippen LogP contribution in [0.2, 0.25) is 0 Å². The second-order valence-electron chi connectivity index (χ2n) is 4.27.